The number of esters is 1. The molecule has 0 bridgehead atoms. The summed E-state index contributed by atoms with van der Waals surface area (Å²) in [6.45, 7) is 5.64. The van der Waals surface area contributed by atoms with Crippen LogP contribution in [0.3, 0.4) is 0 Å². The zero-order chi connectivity index (χ0) is 24.5. The summed E-state index contributed by atoms with van der Waals surface area (Å²) in [7, 11) is 0. The van der Waals surface area contributed by atoms with Crippen LogP contribution in [0.25, 0.3) is 10.9 Å². The molecule has 4 rings (SSSR count). The number of carbonyl (C=O) groups is 1. The minimum atomic E-state index is -0.452. The lowest BCUT2D eigenvalue weighted by atomic mass is 9.73. The van der Waals surface area contributed by atoms with E-state index in [1.165, 1.54) is 38.2 Å². The number of benzene rings is 2. The van der Waals surface area contributed by atoms with Gasteiger partial charge in [0.1, 0.15) is 6.61 Å². The van der Waals surface area contributed by atoms with Crippen LogP contribution in [0.15, 0.2) is 36.4 Å². The van der Waals surface area contributed by atoms with E-state index in [-0.39, 0.29) is 17.8 Å². The topological polar surface area (TPSA) is 111 Å². The van der Waals surface area contributed by atoms with Crippen molar-refractivity contribution in [1.82, 2.24) is 4.98 Å². The Labute approximate surface area is 199 Å². The number of nitrogens with two attached hydrogens (primary N) is 1. The minimum Gasteiger partial charge on any atom is -0.457 e. The summed E-state index contributed by atoms with van der Waals surface area (Å²) in [5.41, 5.74) is 10.9. The van der Waals surface area contributed by atoms with Gasteiger partial charge in [-0.15, -0.1) is 0 Å². The Morgan fingerprint density at radius 3 is 2.56 bits per heavy atom. The van der Waals surface area contributed by atoms with E-state index in [4.69, 9.17) is 10.5 Å². The number of nitrogens with one attached hydrogen (secondary N) is 1. The molecule has 3 N–H and O–H groups in total. The van der Waals surface area contributed by atoms with E-state index in [1.807, 2.05) is 19.1 Å². The highest BCUT2D eigenvalue weighted by Crippen LogP contribution is 2.34. The summed E-state index contributed by atoms with van der Waals surface area (Å²) >= 11 is 0. The van der Waals surface area contributed by atoms with Crippen molar-refractivity contribution in [3.05, 3.63) is 74.5 Å². The predicted molar refractivity (Wildman–Crippen MR) is 133 cm³/mol. The van der Waals surface area contributed by atoms with E-state index < -0.39 is 10.9 Å². The lowest BCUT2D eigenvalue weighted by Gasteiger charge is -2.37. The van der Waals surface area contributed by atoms with Crippen molar-refractivity contribution in [2.45, 2.75) is 71.4 Å². The number of nitro groups is 1. The van der Waals surface area contributed by atoms with Crippen LogP contribution in [-0.4, -0.2) is 21.4 Å². The monoisotopic (exact) mass is 463 g/mol. The smallest absolute Gasteiger partial charge is 0.340 e. The SMILES string of the molecule is Cc1ccc(COC(=O)c2c(C)[nH]c3ccc(CC(C)(N)C4CCCCC4)cc23)cc1[N+](=O)[O-]. The van der Waals surface area contributed by atoms with E-state index in [9.17, 15) is 14.9 Å². The van der Waals surface area contributed by atoms with E-state index in [0.717, 1.165) is 28.6 Å². The van der Waals surface area contributed by atoms with Crippen molar-refractivity contribution in [2.24, 2.45) is 11.7 Å². The lowest BCUT2D eigenvalue weighted by Crippen LogP contribution is -2.47. The van der Waals surface area contributed by atoms with Gasteiger partial charge in [-0.25, -0.2) is 4.79 Å². The summed E-state index contributed by atoms with van der Waals surface area (Å²) in [5.74, 6) is 0.0554. The molecular weight excluding hydrogens is 430 g/mol. The van der Waals surface area contributed by atoms with Crippen LogP contribution >= 0.6 is 0 Å². The van der Waals surface area contributed by atoms with Crippen molar-refractivity contribution < 1.29 is 14.5 Å². The quantitative estimate of drug-likeness (QED) is 0.258. The Kier molecular flexibility index (Phi) is 6.75. The van der Waals surface area contributed by atoms with Crippen LogP contribution in [0.2, 0.25) is 0 Å². The summed E-state index contributed by atoms with van der Waals surface area (Å²) < 4.78 is 5.57. The van der Waals surface area contributed by atoms with E-state index >= 15 is 0 Å². The number of H-pyrrole nitrogens is 1. The highest BCUT2D eigenvalue weighted by molar-refractivity contribution is 6.05. The molecule has 1 aliphatic carbocycles. The molecule has 0 saturated heterocycles. The molecule has 0 radical (unpaired) electrons. The second-order valence-electron chi connectivity index (χ2n) is 9.98. The number of rotatable bonds is 7. The summed E-state index contributed by atoms with van der Waals surface area (Å²) in [6, 6.07) is 11.0. The highest BCUT2D eigenvalue weighted by atomic mass is 16.6. The Bertz CT molecular complexity index is 1220. The third kappa shape index (κ3) is 4.99. The molecular formula is C27H33N3O4. The number of hydrogen-bond acceptors (Lipinski definition) is 5. The number of carbonyl (C=O) groups excluding carboxylic acids is 1. The van der Waals surface area contributed by atoms with Gasteiger partial charge in [0.25, 0.3) is 5.69 Å². The summed E-state index contributed by atoms with van der Waals surface area (Å²) in [5, 5.41) is 12.0. The first kappa shape index (κ1) is 24.0. The van der Waals surface area contributed by atoms with Gasteiger partial charge in [0.15, 0.2) is 0 Å². The van der Waals surface area contributed by atoms with Crippen molar-refractivity contribution in [2.75, 3.05) is 0 Å². The Morgan fingerprint density at radius 2 is 1.85 bits per heavy atom. The zero-order valence-electron chi connectivity index (χ0n) is 20.1. The van der Waals surface area contributed by atoms with E-state index in [1.54, 1.807) is 19.1 Å². The van der Waals surface area contributed by atoms with Gasteiger partial charge in [0.05, 0.1) is 10.5 Å². The van der Waals surface area contributed by atoms with Crippen LogP contribution in [0.4, 0.5) is 5.69 Å². The average Bonchev–Trinajstić information content (AvgIpc) is 3.13. The first-order chi connectivity index (χ1) is 16.2. The molecule has 0 aliphatic heterocycles. The molecule has 1 fully saturated rings. The van der Waals surface area contributed by atoms with Gasteiger partial charge in [0, 0.05) is 33.8 Å². The molecule has 1 unspecified atom stereocenters. The van der Waals surface area contributed by atoms with Crippen LogP contribution < -0.4 is 5.73 Å². The maximum Gasteiger partial charge on any atom is 0.340 e. The van der Waals surface area contributed by atoms with Gasteiger partial charge in [-0.05, 0) is 69.2 Å². The number of nitrogens with zero attached hydrogens (tertiary/aromatic N) is 1. The summed E-state index contributed by atoms with van der Waals surface area (Å²) in [6.07, 6.45) is 6.88. The standard InChI is InChI=1S/C27H33N3O4/c1-17-9-10-20(14-24(17)30(32)33)16-34-26(31)25-18(2)29-23-12-11-19(13-22(23)25)15-27(3,28)21-7-5-4-6-8-21/h9-14,21,29H,4-8,15-16,28H2,1-3H3. The molecule has 0 amide bonds. The number of hydrogen-bond donors (Lipinski definition) is 2. The fourth-order valence-electron chi connectivity index (χ4n) is 5.26. The highest BCUT2D eigenvalue weighted by Gasteiger charge is 2.31. The third-order valence-electron chi connectivity index (χ3n) is 7.22. The van der Waals surface area contributed by atoms with Crippen LogP contribution in [0.5, 0.6) is 0 Å². The molecule has 3 aromatic rings. The maximum atomic E-state index is 13.0. The van der Waals surface area contributed by atoms with Crippen LogP contribution in [0, 0.1) is 29.9 Å². The largest absolute Gasteiger partial charge is 0.457 e. The van der Waals surface area contributed by atoms with Crippen molar-refractivity contribution in [3.63, 3.8) is 0 Å². The van der Waals surface area contributed by atoms with Crippen molar-refractivity contribution in [3.8, 4) is 0 Å². The second kappa shape index (κ2) is 9.58. The zero-order valence-corrected chi connectivity index (χ0v) is 20.1. The first-order valence-corrected chi connectivity index (χ1v) is 12.0. The molecule has 1 aliphatic rings. The fourth-order valence-corrected chi connectivity index (χ4v) is 5.26. The number of nitro benzene ring substituents is 1. The molecule has 1 saturated carbocycles. The van der Waals surface area contributed by atoms with Gasteiger partial charge in [-0.2, -0.15) is 0 Å². The Balaban J connectivity index is 1.54. The normalized spacial score (nSPS) is 16.4. The second-order valence-corrected chi connectivity index (χ2v) is 9.98. The van der Waals surface area contributed by atoms with E-state index in [2.05, 4.69) is 18.0 Å². The first-order valence-electron chi connectivity index (χ1n) is 12.0. The van der Waals surface area contributed by atoms with Gasteiger partial charge in [-0.3, -0.25) is 10.1 Å². The molecule has 34 heavy (non-hydrogen) atoms. The number of aromatic nitrogens is 1. The molecule has 2 aromatic carbocycles. The molecule has 7 nitrogen and oxygen atoms in total. The van der Waals surface area contributed by atoms with Crippen molar-refractivity contribution >= 4 is 22.6 Å². The molecule has 7 heteroatoms. The fraction of sp³-hybridized carbons (Fsp3) is 0.444. The van der Waals surface area contributed by atoms with Gasteiger partial charge < -0.3 is 15.5 Å². The molecule has 1 heterocycles. The number of ether oxygens (including phenoxy) is 1. The van der Waals surface area contributed by atoms with Crippen LogP contribution in [-0.2, 0) is 17.8 Å². The Hall–Kier alpha value is -3.19. The number of fused-ring (bicyclic) bond motifs is 1. The summed E-state index contributed by atoms with van der Waals surface area (Å²) in [4.78, 5) is 27.1. The molecule has 0 spiro atoms. The van der Waals surface area contributed by atoms with Gasteiger partial charge >= 0.3 is 5.97 Å². The lowest BCUT2D eigenvalue weighted by molar-refractivity contribution is -0.385. The predicted octanol–water partition coefficient (Wildman–Crippen LogP) is 5.89. The molecule has 1 atom stereocenters. The average molecular weight is 464 g/mol. The van der Waals surface area contributed by atoms with Gasteiger partial charge in [0.2, 0.25) is 0 Å². The van der Waals surface area contributed by atoms with Gasteiger partial charge in [-0.1, -0.05) is 37.5 Å². The van der Waals surface area contributed by atoms with Crippen LogP contribution in [0.1, 0.15) is 71.8 Å². The third-order valence-corrected chi connectivity index (χ3v) is 7.22. The maximum absolute atomic E-state index is 13.0. The number of aromatic amines is 1. The molecule has 1 aromatic heterocycles. The number of aryl methyl sites for hydroxylation is 2. The Morgan fingerprint density at radius 1 is 1.15 bits per heavy atom. The van der Waals surface area contributed by atoms with Crippen molar-refractivity contribution in [1.29, 1.82) is 0 Å². The van der Waals surface area contributed by atoms with E-state index in [0.29, 0.717) is 22.6 Å². The molecule has 180 valence electrons. The minimum absolute atomic E-state index is 0.0178.